The van der Waals surface area contributed by atoms with Gasteiger partial charge in [-0.1, -0.05) is 0 Å². The number of thiazole rings is 1. The number of carbonyl (C=O) groups is 1. The number of nitrogens with one attached hydrogen (secondary N) is 2. The number of morpholine rings is 1. The fourth-order valence-electron chi connectivity index (χ4n) is 3.46. The molecule has 2 N–H and O–H groups in total. The Labute approximate surface area is 213 Å². The number of esters is 1. The molecule has 0 unspecified atom stereocenters. The number of rotatable bonds is 10. The molecule has 1 aromatic heterocycles. The van der Waals surface area contributed by atoms with E-state index in [-0.39, 0.29) is 34.7 Å². The molecule has 194 valence electrons. The van der Waals surface area contributed by atoms with E-state index in [1.165, 1.54) is 10.8 Å². The van der Waals surface area contributed by atoms with Crippen LogP contribution in [0, 0.1) is 11.3 Å². The summed E-state index contributed by atoms with van der Waals surface area (Å²) in [6.45, 7) is 6.89. The Morgan fingerprint density at radius 2 is 1.89 bits per heavy atom. The quantitative estimate of drug-likeness (QED) is 0.405. The molecule has 0 amide bonds. The van der Waals surface area contributed by atoms with Gasteiger partial charge in [0, 0.05) is 43.8 Å². The molecule has 2 aromatic rings. The summed E-state index contributed by atoms with van der Waals surface area (Å²) in [7, 11) is -3.50. The third kappa shape index (κ3) is 7.17. The molecule has 0 radical (unpaired) electrons. The number of nitrogens with zero attached hydrogens (tertiary/aromatic N) is 3. The Bertz CT molecular complexity index is 1380. The maximum absolute atomic E-state index is 12.8. The molecule has 1 saturated heterocycles. The van der Waals surface area contributed by atoms with E-state index >= 15 is 0 Å². The van der Waals surface area contributed by atoms with Crippen molar-refractivity contribution in [2.75, 3.05) is 55.2 Å². The highest BCUT2D eigenvalue weighted by molar-refractivity contribution is 7.92. The zero-order chi connectivity index (χ0) is 26.1. The first-order chi connectivity index (χ1) is 17.3. The molecule has 0 bridgehead atoms. The SMILES string of the molecule is CCOC(=O)/C(C#N)=c1/s/c(=C/Nc2ccc(NS(=O)(=O)CCN3CCOCC3)cc2)c(=O)n1CC. The molecule has 2 heterocycles. The molecular formula is C23H29N5O6S2. The summed E-state index contributed by atoms with van der Waals surface area (Å²) in [6.07, 6.45) is 1.49. The van der Waals surface area contributed by atoms with Gasteiger partial charge in [0.15, 0.2) is 5.57 Å². The van der Waals surface area contributed by atoms with Gasteiger partial charge in [-0.2, -0.15) is 5.26 Å². The van der Waals surface area contributed by atoms with Gasteiger partial charge in [-0.25, -0.2) is 13.2 Å². The predicted molar refractivity (Wildman–Crippen MR) is 138 cm³/mol. The van der Waals surface area contributed by atoms with E-state index in [9.17, 15) is 23.3 Å². The van der Waals surface area contributed by atoms with Gasteiger partial charge < -0.3 is 14.8 Å². The van der Waals surface area contributed by atoms with Gasteiger partial charge in [-0.3, -0.25) is 19.0 Å². The van der Waals surface area contributed by atoms with Gasteiger partial charge in [0.25, 0.3) is 5.56 Å². The molecule has 1 aliphatic rings. The first-order valence-electron chi connectivity index (χ1n) is 11.5. The van der Waals surface area contributed by atoms with Crippen LogP contribution in [0.25, 0.3) is 11.8 Å². The van der Waals surface area contributed by atoms with E-state index in [0.717, 1.165) is 24.4 Å². The van der Waals surface area contributed by atoms with E-state index in [2.05, 4.69) is 14.9 Å². The molecule has 0 spiro atoms. The van der Waals surface area contributed by atoms with E-state index in [0.29, 0.717) is 35.7 Å². The summed E-state index contributed by atoms with van der Waals surface area (Å²) < 4.78 is 39.5. The van der Waals surface area contributed by atoms with Crippen LogP contribution in [0.15, 0.2) is 29.1 Å². The van der Waals surface area contributed by atoms with Crippen molar-refractivity contribution in [1.29, 1.82) is 5.26 Å². The van der Waals surface area contributed by atoms with Crippen LogP contribution in [-0.2, 0) is 30.8 Å². The van der Waals surface area contributed by atoms with Crippen molar-refractivity contribution in [3.8, 4) is 6.07 Å². The smallest absolute Gasteiger partial charge is 0.351 e. The zero-order valence-corrected chi connectivity index (χ0v) is 21.8. The second-order valence-corrected chi connectivity index (χ2v) is 10.6. The number of carbonyl (C=O) groups excluding carboxylic acids is 1. The minimum absolute atomic E-state index is 0.0152. The van der Waals surface area contributed by atoms with Crippen LogP contribution in [-0.4, -0.2) is 69.1 Å². The van der Waals surface area contributed by atoms with Gasteiger partial charge >= 0.3 is 5.97 Å². The van der Waals surface area contributed by atoms with Crippen molar-refractivity contribution < 1.29 is 22.7 Å². The average Bonchev–Trinajstić information content (AvgIpc) is 3.18. The molecule has 11 nitrogen and oxygen atoms in total. The Kier molecular flexibility index (Phi) is 9.65. The summed E-state index contributed by atoms with van der Waals surface area (Å²) >= 11 is 1.01. The van der Waals surface area contributed by atoms with Crippen LogP contribution < -0.4 is 24.8 Å². The number of aromatic nitrogens is 1. The monoisotopic (exact) mass is 535 g/mol. The Hall–Kier alpha value is -3.18. The average molecular weight is 536 g/mol. The van der Waals surface area contributed by atoms with Crippen molar-refractivity contribution >= 4 is 50.5 Å². The lowest BCUT2D eigenvalue weighted by molar-refractivity contribution is -0.136. The minimum Gasteiger partial charge on any atom is -0.462 e. The minimum atomic E-state index is -3.50. The summed E-state index contributed by atoms with van der Waals surface area (Å²) in [5, 5.41) is 12.4. The second-order valence-electron chi connectivity index (χ2n) is 7.77. The number of sulfonamides is 1. The van der Waals surface area contributed by atoms with Crippen LogP contribution >= 0.6 is 11.3 Å². The van der Waals surface area contributed by atoms with E-state index < -0.39 is 16.0 Å². The largest absolute Gasteiger partial charge is 0.462 e. The highest BCUT2D eigenvalue weighted by Crippen LogP contribution is 2.15. The fraction of sp³-hybridized carbons (Fsp3) is 0.435. The van der Waals surface area contributed by atoms with Gasteiger partial charge in [-0.15, -0.1) is 11.3 Å². The first-order valence-corrected chi connectivity index (χ1v) is 13.9. The van der Waals surface area contributed by atoms with Crippen LogP contribution in [0.2, 0.25) is 0 Å². The summed E-state index contributed by atoms with van der Waals surface area (Å²) in [5.74, 6) is -0.787. The van der Waals surface area contributed by atoms with E-state index in [4.69, 9.17) is 9.47 Å². The molecule has 13 heteroatoms. The van der Waals surface area contributed by atoms with Crippen LogP contribution in [0.5, 0.6) is 0 Å². The highest BCUT2D eigenvalue weighted by atomic mass is 32.2. The molecular weight excluding hydrogens is 506 g/mol. The number of nitriles is 1. The normalized spacial score (nSPS) is 15.8. The molecule has 1 fully saturated rings. The van der Waals surface area contributed by atoms with Crippen molar-refractivity contribution in [3.63, 3.8) is 0 Å². The highest BCUT2D eigenvalue weighted by Gasteiger charge is 2.17. The maximum atomic E-state index is 12.8. The van der Waals surface area contributed by atoms with Crippen LogP contribution in [0.1, 0.15) is 13.8 Å². The lowest BCUT2D eigenvalue weighted by Gasteiger charge is -2.26. The molecule has 1 aliphatic heterocycles. The molecule has 0 saturated carbocycles. The summed E-state index contributed by atoms with van der Waals surface area (Å²) in [4.78, 5) is 26.9. The molecule has 1 aromatic carbocycles. The molecule has 0 atom stereocenters. The Morgan fingerprint density at radius 3 is 2.50 bits per heavy atom. The fourth-order valence-corrected chi connectivity index (χ4v) is 5.64. The molecule has 36 heavy (non-hydrogen) atoms. The third-order valence-electron chi connectivity index (χ3n) is 5.34. The lowest BCUT2D eigenvalue weighted by Crippen LogP contribution is -2.39. The van der Waals surface area contributed by atoms with Gasteiger partial charge in [-0.05, 0) is 38.1 Å². The van der Waals surface area contributed by atoms with Gasteiger partial charge in [0.05, 0.1) is 25.6 Å². The standard InChI is InChI=1S/C23H29N5O6S2/c1-3-28-21(29)20(35-22(28)19(15-24)23(30)34-4-2)16-25-17-5-7-18(8-6-17)26-36(31,32)14-11-27-9-12-33-13-10-27/h5-8,16,25-26H,3-4,9-14H2,1-2H3/b20-16+,22-19+. The number of benzene rings is 1. The second kappa shape index (κ2) is 12.7. The lowest BCUT2D eigenvalue weighted by atomic mass is 10.3. The number of hydrogen-bond acceptors (Lipinski definition) is 10. The maximum Gasteiger partial charge on any atom is 0.351 e. The van der Waals surface area contributed by atoms with Gasteiger partial charge in [0.2, 0.25) is 10.0 Å². The van der Waals surface area contributed by atoms with Gasteiger partial charge in [0.1, 0.15) is 15.3 Å². The van der Waals surface area contributed by atoms with Crippen molar-refractivity contribution in [2.45, 2.75) is 20.4 Å². The molecule has 0 aliphatic carbocycles. The van der Waals surface area contributed by atoms with E-state index in [1.54, 1.807) is 38.1 Å². The summed E-state index contributed by atoms with van der Waals surface area (Å²) in [5.41, 5.74) is 0.493. The zero-order valence-electron chi connectivity index (χ0n) is 20.2. The molecule has 3 rings (SSSR count). The Morgan fingerprint density at radius 1 is 1.22 bits per heavy atom. The van der Waals surface area contributed by atoms with E-state index in [1.807, 2.05) is 6.07 Å². The third-order valence-corrected chi connectivity index (χ3v) is 7.73. The van der Waals surface area contributed by atoms with Crippen LogP contribution in [0.4, 0.5) is 11.4 Å². The topological polar surface area (TPSA) is 143 Å². The first kappa shape index (κ1) is 27.4. The number of hydrogen-bond donors (Lipinski definition) is 2. The van der Waals surface area contributed by atoms with Crippen molar-refractivity contribution in [1.82, 2.24) is 9.47 Å². The number of ether oxygens (including phenoxy) is 2. The van der Waals surface area contributed by atoms with Crippen LogP contribution in [0.3, 0.4) is 0 Å². The predicted octanol–water partition coefficient (Wildman–Crippen LogP) is 0.0911. The Balaban J connectivity index is 1.72. The van der Waals surface area contributed by atoms with Crippen molar-refractivity contribution in [3.05, 3.63) is 43.8 Å². The number of anilines is 2. The van der Waals surface area contributed by atoms with Crippen molar-refractivity contribution in [2.24, 2.45) is 0 Å². The summed E-state index contributed by atoms with van der Waals surface area (Å²) in [6, 6.07) is 8.43.